The third-order valence-electron chi connectivity index (χ3n) is 4.03. The Bertz CT molecular complexity index is 468. The maximum atomic E-state index is 11.8. The summed E-state index contributed by atoms with van der Waals surface area (Å²) >= 11 is 11.8. The van der Waals surface area contributed by atoms with E-state index >= 15 is 0 Å². The highest BCUT2D eigenvalue weighted by Gasteiger charge is 2.28. The van der Waals surface area contributed by atoms with Gasteiger partial charge in [0.25, 0.3) is 0 Å². The van der Waals surface area contributed by atoms with Crippen LogP contribution in [0.2, 0.25) is 28.2 Å². The van der Waals surface area contributed by atoms with Crippen molar-refractivity contribution >= 4 is 37.2 Å². The van der Waals surface area contributed by atoms with Gasteiger partial charge in [0.1, 0.15) is 5.75 Å². The zero-order valence-corrected chi connectivity index (χ0v) is 15.3. The lowest BCUT2D eigenvalue weighted by Gasteiger charge is -2.27. The molecule has 0 N–H and O–H groups in total. The standard InChI is InChI=1S/C15H22Cl2O3Si/c1-4-21(5-2,6-3)11-20-15(18)10-19-14-8-7-12(16)9-13(14)17/h7-9H,4-6,10-11H2,1-3H3. The van der Waals surface area contributed by atoms with Crippen LogP contribution in [-0.4, -0.2) is 26.9 Å². The number of rotatable bonds is 8. The van der Waals surface area contributed by atoms with Gasteiger partial charge in [-0.2, -0.15) is 0 Å². The summed E-state index contributed by atoms with van der Waals surface area (Å²) in [5.74, 6) is 0.0799. The molecule has 6 heteroatoms. The number of carbonyl (C=O) groups excluding carboxylic acids is 1. The summed E-state index contributed by atoms with van der Waals surface area (Å²) in [4.78, 5) is 11.8. The summed E-state index contributed by atoms with van der Waals surface area (Å²) in [6.45, 7) is 6.40. The van der Waals surface area contributed by atoms with Crippen LogP contribution in [0.15, 0.2) is 18.2 Å². The first-order valence-electron chi connectivity index (χ1n) is 7.19. The number of esters is 1. The molecule has 0 unspecified atom stereocenters. The second-order valence-corrected chi connectivity index (χ2v) is 11.3. The highest BCUT2D eigenvalue weighted by Crippen LogP contribution is 2.27. The van der Waals surface area contributed by atoms with Gasteiger partial charge in [0.15, 0.2) is 6.61 Å². The normalized spacial score (nSPS) is 11.3. The largest absolute Gasteiger partial charge is 0.480 e. The van der Waals surface area contributed by atoms with Crippen molar-refractivity contribution in [2.75, 3.05) is 12.8 Å². The molecule has 0 aromatic heterocycles. The predicted molar refractivity (Wildman–Crippen MR) is 90.1 cm³/mol. The van der Waals surface area contributed by atoms with Gasteiger partial charge in [-0.25, -0.2) is 4.79 Å². The lowest BCUT2D eigenvalue weighted by molar-refractivity contribution is -0.144. The average molecular weight is 349 g/mol. The maximum absolute atomic E-state index is 11.8. The number of halogens is 2. The first-order chi connectivity index (χ1) is 9.96. The van der Waals surface area contributed by atoms with Gasteiger partial charge >= 0.3 is 5.97 Å². The van der Waals surface area contributed by atoms with E-state index in [0.717, 1.165) is 18.1 Å². The second-order valence-electron chi connectivity index (χ2n) is 5.08. The van der Waals surface area contributed by atoms with Gasteiger partial charge in [0, 0.05) is 5.02 Å². The van der Waals surface area contributed by atoms with Gasteiger partial charge in [0.2, 0.25) is 0 Å². The molecule has 1 aromatic rings. The molecule has 0 bridgehead atoms. The molecule has 21 heavy (non-hydrogen) atoms. The highest BCUT2D eigenvalue weighted by atomic mass is 35.5. The van der Waals surface area contributed by atoms with Crippen LogP contribution in [0.4, 0.5) is 0 Å². The van der Waals surface area contributed by atoms with Crippen molar-refractivity contribution in [2.45, 2.75) is 38.9 Å². The fraction of sp³-hybridized carbons (Fsp3) is 0.533. The zero-order chi connectivity index (χ0) is 15.9. The summed E-state index contributed by atoms with van der Waals surface area (Å²) < 4.78 is 10.8. The first-order valence-corrected chi connectivity index (χ1v) is 10.8. The molecule has 0 radical (unpaired) electrons. The van der Waals surface area contributed by atoms with E-state index in [0.29, 0.717) is 22.0 Å². The quantitative estimate of drug-likeness (QED) is 0.491. The van der Waals surface area contributed by atoms with Crippen molar-refractivity contribution in [3.05, 3.63) is 28.2 Å². The van der Waals surface area contributed by atoms with Crippen molar-refractivity contribution in [1.82, 2.24) is 0 Å². The Labute approximate surface area is 137 Å². The van der Waals surface area contributed by atoms with Gasteiger partial charge in [-0.1, -0.05) is 62.1 Å². The highest BCUT2D eigenvalue weighted by molar-refractivity contribution is 6.79. The molecule has 0 atom stereocenters. The average Bonchev–Trinajstić information content (AvgIpc) is 2.48. The Balaban J connectivity index is 2.47. The molecule has 0 amide bonds. The van der Waals surface area contributed by atoms with Gasteiger partial charge in [-0.05, 0) is 18.2 Å². The minimum atomic E-state index is -1.45. The molecular weight excluding hydrogens is 327 g/mol. The summed E-state index contributed by atoms with van der Waals surface area (Å²) in [6, 6.07) is 8.25. The summed E-state index contributed by atoms with van der Waals surface area (Å²) in [7, 11) is -1.45. The molecule has 1 aromatic carbocycles. The maximum Gasteiger partial charge on any atom is 0.343 e. The molecule has 0 aliphatic heterocycles. The molecule has 118 valence electrons. The summed E-state index contributed by atoms with van der Waals surface area (Å²) in [5.41, 5.74) is 0. The summed E-state index contributed by atoms with van der Waals surface area (Å²) in [5, 5.41) is 0.911. The Morgan fingerprint density at radius 2 is 1.76 bits per heavy atom. The first kappa shape index (κ1) is 18.3. The van der Waals surface area contributed by atoms with E-state index in [1.54, 1.807) is 18.2 Å². The van der Waals surface area contributed by atoms with E-state index in [-0.39, 0.29) is 12.6 Å². The number of hydrogen-bond acceptors (Lipinski definition) is 3. The third kappa shape index (κ3) is 5.53. The molecule has 3 nitrogen and oxygen atoms in total. The lowest BCUT2D eigenvalue weighted by Crippen LogP contribution is -2.39. The fourth-order valence-corrected chi connectivity index (χ4v) is 5.10. The molecule has 0 aliphatic rings. The monoisotopic (exact) mass is 348 g/mol. The van der Waals surface area contributed by atoms with E-state index in [2.05, 4.69) is 20.8 Å². The van der Waals surface area contributed by atoms with Crippen LogP contribution in [0.1, 0.15) is 20.8 Å². The Hall–Kier alpha value is -0.713. The summed E-state index contributed by atoms with van der Waals surface area (Å²) in [6.07, 6.45) is 0.563. The third-order valence-corrected chi connectivity index (χ3v) is 9.82. The topological polar surface area (TPSA) is 35.5 Å². The fourth-order valence-electron chi connectivity index (χ4n) is 2.06. The zero-order valence-electron chi connectivity index (χ0n) is 12.7. The van der Waals surface area contributed by atoms with Crippen LogP contribution in [-0.2, 0) is 9.53 Å². The Morgan fingerprint density at radius 1 is 1.14 bits per heavy atom. The van der Waals surface area contributed by atoms with E-state index in [4.69, 9.17) is 32.7 Å². The second kappa shape index (κ2) is 8.66. The van der Waals surface area contributed by atoms with Gasteiger partial charge in [-0.15, -0.1) is 0 Å². The van der Waals surface area contributed by atoms with E-state index in [1.165, 1.54) is 0 Å². The smallest absolute Gasteiger partial charge is 0.343 e. The van der Waals surface area contributed by atoms with Crippen LogP contribution >= 0.6 is 23.2 Å². The van der Waals surface area contributed by atoms with Crippen molar-refractivity contribution in [3.8, 4) is 5.75 Å². The Morgan fingerprint density at radius 3 is 2.29 bits per heavy atom. The number of ether oxygens (including phenoxy) is 2. The van der Waals surface area contributed by atoms with Gasteiger partial charge < -0.3 is 9.47 Å². The lowest BCUT2D eigenvalue weighted by atomic mass is 10.3. The number of benzene rings is 1. The minimum absolute atomic E-state index is 0.136. The molecule has 0 saturated carbocycles. The molecular formula is C15H22Cl2O3Si. The van der Waals surface area contributed by atoms with Crippen LogP contribution in [0.25, 0.3) is 0 Å². The molecule has 0 saturated heterocycles. The van der Waals surface area contributed by atoms with Crippen LogP contribution in [0, 0.1) is 0 Å². The number of hydrogen-bond donors (Lipinski definition) is 0. The minimum Gasteiger partial charge on any atom is -0.480 e. The Kier molecular flexibility index (Phi) is 7.56. The molecule has 0 aliphatic carbocycles. The predicted octanol–water partition coefficient (Wildman–Crippen LogP) is 4.96. The molecule has 1 rings (SSSR count). The molecule has 0 spiro atoms. The van der Waals surface area contributed by atoms with E-state index < -0.39 is 8.07 Å². The molecule has 0 heterocycles. The van der Waals surface area contributed by atoms with Crippen molar-refractivity contribution in [2.24, 2.45) is 0 Å². The van der Waals surface area contributed by atoms with Crippen molar-refractivity contribution in [3.63, 3.8) is 0 Å². The van der Waals surface area contributed by atoms with Crippen molar-refractivity contribution in [1.29, 1.82) is 0 Å². The number of carbonyl (C=O) groups is 1. The van der Waals surface area contributed by atoms with Crippen molar-refractivity contribution < 1.29 is 14.3 Å². The molecule has 0 fully saturated rings. The van der Waals surface area contributed by atoms with E-state index in [1.807, 2.05) is 0 Å². The van der Waals surface area contributed by atoms with Gasteiger partial charge in [0.05, 0.1) is 19.3 Å². The SMILES string of the molecule is CC[Si](CC)(CC)COC(=O)COc1ccc(Cl)cc1Cl. The van der Waals surface area contributed by atoms with Gasteiger partial charge in [-0.3, -0.25) is 0 Å². The van der Waals surface area contributed by atoms with Crippen LogP contribution in [0.3, 0.4) is 0 Å². The van der Waals surface area contributed by atoms with E-state index in [9.17, 15) is 4.79 Å². The van der Waals surface area contributed by atoms with Crippen LogP contribution in [0.5, 0.6) is 5.75 Å². The van der Waals surface area contributed by atoms with Crippen LogP contribution < -0.4 is 4.74 Å².